The summed E-state index contributed by atoms with van der Waals surface area (Å²) >= 11 is 0. The fraction of sp³-hybridized carbons (Fsp3) is 0.500. The van der Waals surface area contributed by atoms with Crippen molar-refractivity contribution in [1.29, 1.82) is 0 Å². The molecule has 0 N–H and O–H groups in total. The Bertz CT molecular complexity index is 631. The second-order valence-electron chi connectivity index (χ2n) is 5.61. The van der Waals surface area contributed by atoms with Gasteiger partial charge in [0.2, 0.25) is 11.8 Å². The van der Waals surface area contributed by atoms with E-state index in [4.69, 9.17) is 0 Å². The van der Waals surface area contributed by atoms with Gasteiger partial charge in [0.1, 0.15) is 6.54 Å². The minimum Gasteiger partial charge on any atom is -0.339 e. The van der Waals surface area contributed by atoms with Gasteiger partial charge in [-0.2, -0.15) is 0 Å². The average molecular weight is 343 g/mol. The Labute approximate surface area is 138 Å². The van der Waals surface area contributed by atoms with Crippen LogP contribution in [0.5, 0.6) is 0 Å². The molecular weight excluding hydrogens is 323 g/mol. The predicted octanol–water partition coefficient (Wildman–Crippen LogP) is 1.62. The largest absolute Gasteiger partial charge is 0.339 e. The summed E-state index contributed by atoms with van der Waals surface area (Å²) in [4.78, 5) is 28.7. The Kier molecular flexibility index (Phi) is 5.82. The summed E-state index contributed by atoms with van der Waals surface area (Å²) in [7, 11) is 0. The summed E-state index contributed by atoms with van der Waals surface area (Å²) in [5.41, 5.74) is -0.443. The first-order chi connectivity index (χ1) is 11.3. The molecule has 0 radical (unpaired) electrons. The molecule has 2 amide bonds. The number of carbonyl (C=O) groups excluding carboxylic acids is 2. The first-order valence-electron chi connectivity index (χ1n) is 7.76. The molecule has 8 heteroatoms. The second kappa shape index (κ2) is 7.65. The number of nitrogens with zero attached hydrogens (tertiary/aromatic N) is 3. The summed E-state index contributed by atoms with van der Waals surface area (Å²) in [6, 6.07) is 1.69. The van der Waals surface area contributed by atoms with E-state index in [0.717, 1.165) is 43.6 Å². The zero-order valence-electron chi connectivity index (χ0n) is 13.7. The van der Waals surface area contributed by atoms with Crippen molar-refractivity contribution < 1.29 is 22.8 Å². The average Bonchev–Trinajstić information content (AvgIpc) is 2.58. The molecule has 1 heterocycles. The third-order valence-corrected chi connectivity index (χ3v) is 4.15. The number of amides is 2. The maximum absolute atomic E-state index is 13.9. The van der Waals surface area contributed by atoms with Gasteiger partial charge in [-0.25, -0.2) is 13.2 Å². The number of carbonyl (C=O) groups is 2. The van der Waals surface area contributed by atoms with E-state index in [1.807, 2.05) is 6.92 Å². The van der Waals surface area contributed by atoms with Crippen LogP contribution in [0, 0.1) is 17.5 Å². The molecular formula is C16H20F3N3O2. The summed E-state index contributed by atoms with van der Waals surface area (Å²) in [5, 5.41) is 0. The highest BCUT2D eigenvalue weighted by molar-refractivity contribution is 5.97. The van der Waals surface area contributed by atoms with E-state index in [1.165, 1.54) is 0 Å². The second-order valence-corrected chi connectivity index (χ2v) is 5.61. The molecule has 1 aliphatic heterocycles. The maximum Gasteiger partial charge on any atom is 0.242 e. The molecule has 5 nitrogen and oxygen atoms in total. The lowest BCUT2D eigenvalue weighted by Crippen LogP contribution is -2.51. The Morgan fingerprint density at radius 2 is 1.71 bits per heavy atom. The van der Waals surface area contributed by atoms with Crippen LogP contribution in [0.25, 0.3) is 0 Å². The number of piperazine rings is 1. The fourth-order valence-electron chi connectivity index (χ4n) is 2.64. The normalized spacial score (nSPS) is 15.5. The lowest BCUT2D eigenvalue weighted by atomic mass is 10.2. The summed E-state index contributed by atoms with van der Waals surface area (Å²) in [6.07, 6.45) is 0. The molecule has 1 fully saturated rings. The van der Waals surface area contributed by atoms with Crippen LogP contribution in [0.15, 0.2) is 12.1 Å². The van der Waals surface area contributed by atoms with Gasteiger partial charge >= 0.3 is 0 Å². The molecule has 0 bridgehead atoms. The van der Waals surface area contributed by atoms with Crippen molar-refractivity contribution in [2.45, 2.75) is 13.8 Å². The summed E-state index contributed by atoms with van der Waals surface area (Å²) < 4.78 is 40.4. The van der Waals surface area contributed by atoms with Gasteiger partial charge in [-0.3, -0.25) is 9.59 Å². The number of hydrogen-bond acceptors (Lipinski definition) is 3. The van der Waals surface area contributed by atoms with Gasteiger partial charge in [-0.05, 0) is 18.7 Å². The zero-order chi connectivity index (χ0) is 17.9. The SMILES string of the molecule is CCN1CCN(C(=O)CN(C(C)=O)c2ccc(F)c(F)c2F)CC1. The van der Waals surface area contributed by atoms with Gasteiger partial charge in [0.15, 0.2) is 17.5 Å². The quantitative estimate of drug-likeness (QED) is 0.781. The molecule has 1 aromatic carbocycles. The number of hydrogen-bond donors (Lipinski definition) is 0. The van der Waals surface area contributed by atoms with Gasteiger partial charge in [0.05, 0.1) is 5.69 Å². The highest BCUT2D eigenvalue weighted by Crippen LogP contribution is 2.24. The van der Waals surface area contributed by atoms with Crippen LogP contribution in [0.3, 0.4) is 0 Å². The standard InChI is InChI=1S/C16H20F3N3O2/c1-3-20-6-8-21(9-7-20)14(24)10-22(11(2)23)13-5-4-12(17)15(18)16(13)19/h4-5H,3,6-10H2,1-2H3. The number of anilines is 1. The van der Waals surface area contributed by atoms with E-state index in [2.05, 4.69) is 4.90 Å². The van der Waals surface area contributed by atoms with Gasteiger partial charge in [-0.15, -0.1) is 0 Å². The number of halogens is 3. The summed E-state index contributed by atoms with van der Waals surface area (Å²) in [6.45, 7) is 6.12. The van der Waals surface area contributed by atoms with Crippen LogP contribution < -0.4 is 4.90 Å². The minimum atomic E-state index is -1.66. The van der Waals surface area contributed by atoms with Crippen molar-refractivity contribution in [2.24, 2.45) is 0 Å². The molecule has 0 atom stereocenters. The topological polar surface area (TPSA) is 43.9 Å². The molecule has 1 saturated heterocycles. The molecule has 1 aliphatic rings. The van der Waals surface area contributed by atoms with Crippen molar-refractivity contribution in [3.63, 3.8) is 0 Å². The van der Waals surface area contributed by atoms with E-state index in [0.29, 0.717) is 13.1 Å². The van der Waals surface area contributed by atoms with Crippen LogP contribution in [0.4, 0.5) is 18.9 Å². The molecule has 1 aromatic rings. The van der Waals surface area contributed by atoms with Gasteiger partial charge in [0, 0.05) is 33.1 Å². The molecule has 24 heavy (non-hydrogen) atoms. The number of rotatable bonds is 4. The molecule has 0 aliphatic carbocycles. The Balaban J connectivity index is 2.14. The van der Waals surface area contributed by atoms with Gasteiger partial charge < -0.3 is 14.7 Å². The first kappa shape index (κ1) is 18.3. The van der Waals surface area contributed by atoms with Crippen LogP contribution in [0.1, 0.15) is 13.8 Å². The molecule has 0 aromatic heterocycles. The fourth-order valence-corrected chi connectivity index (χ4v) is 2.64. The molecule has 2 rings (SSSR count). The van der Waals surface area contributed by atoms with Crippen LogP contribution in [-0.4, -0.2) is 60.9 Å². The Morgan fingerprint density at radius 1 is 1.08 bits per heavy atom. The first-order valence-corrected chi connectivity index (χ1v) is 7.76. The van der Waals surface area contributed by atoms with Crippen LogP contribution in [0.2, 0.25) is 0 Å². The minimum absolute atomic E-state index is 0.356. The Morgan fingerprint density at radius 3 is 2.25 bits per heavy atom. The summed E-state index contributed by atoms with van der Waals surface area (Å²) in [5.74, 6) is -5.47. The zero-order valence-corrected chi connectivity index (χ0v) is 13.7. The monoisotopic (exact) mass is 343 g/mol. The molecule has 0 saturated carbocycles. The van der Waals surface area contributed by atoms with E-state index in [9.17, 15) is 22.8 Å². The third kappa shape index (κ3) is 3.87. The number of likely N-dealkylation sites (N-methyl/N-ethyl adjacent to an activating group) is 1. The lowest BCUT2D eigenvalue weighted by molar-refractivity contribution is -0.132. The predicted molar refractivity (Wildman–Crippen MR) is 83.0 cm³/mol. The molecule has 0 spiro atoms. The van der Waals surface area contributed by atoms with E-state index < -0.39 is 35.6 Å². The van der Waals surface area contributed by atoms with Crippen molar-refractivity contribution in [2.75, 3.05) is 44.2 Å². The van der Waals surface area contributed by atoms with E-state index in [1.54, 1.807) is 4.90 Å². The van der Waals surface area contributed by atoms with Crippen LogP contribution >= 0.6 is 0 Å². The molecule has 132 valence electrons. The van der Waals surface area contributed by atoms with Crippen molar-refractivity contribution in [1.82, 2.24) is 9.80 Å². The van der Waals surface area contributed by atoms with Gasteiger partial charge in [0.25, 0.3) is 0 Å². The highest BCUT2D eigenvalue weighted by atomic mass is 19.2. The van der Waals surface area contributed by atoms with Gasteiger partial charge in [-0.1, -0.05) is 6.92 Å². The third-order valence-electron chi connectivity index (χ3n) is 4.15. The van der Waals surface area contributed by atoms with Crippen molar-refractivity contribution >= 4 is 17.5 Å². The van der Waals surface area contributed by atoms with Crippen molar-refractivity contribution in [3.8, 4) is 0 Å². The van der Waals surface area contributed by atoms with Crippen molar-refractivity contribution in [3.05, 3.63) is 29.6 Å². The molecule has 0 unspecified atom stereocenters. The van der Waals surface area contributed by atoms with E-state index >= 15 is 0 Å². The Hall–Kier alpha value is -2.09. The van der Waals surface area contributed by atoms with E-state index in [-0.39, 0.29) is 5.91 Å². The van der Waals surface area contributed by atoms with Crippen LogP contribution in [-0.2, 0) is 9.59 Å². The smallest absolute Gasteiger partial charge is 0.242 e. The maximum atomic E-state index is 13.9. The lowest BCUT2D eigenvalue weighted by Gasteiger charge is -2.35. The highest BCUT2D eigenvalue weighted by Gasteiger charge is 2.26. The number of benzene rings is 1.